The van der Waals surface area contributed by atoms with E-state index in [0.717, 1.165) is 0 Å². The first-order valence-corrected chi connectivity index (χ1v) is 6.92. The average molecular weight is 306 g/mol. The smallest absolute Gasteiger partial charge is 0.305 e. The van der Waals surface area contributed by atoms with Crippen LogP contribution in [0.15, 0.2) is 24.3 Å². The maximum absolute atomic E-state index is 12.2. The molecule has 0 spiro atoms. The quantitative estimate of drug-likeness (QED) is 0.478. The van der Waals surface area contributed by atoms with Crippen molar-refractivity contribution >= 4 is 23.5 Å². The van der Waals surface area contributed by atoms with Crippen LogP contribution in [0.1, 0.15) is 19.8 Å². The summed E-state index contributed by atoms with van der Waals surface area (Å²) in [5.41, 5.74) is -1.11. The molecule has 1 aromatic rings. The Bertz CT molecular complexity index is 601. The van der Waals surface area contributed by atoms with Gasteiger partial charge in [0.05, 0.1) is 12.8 Å². The van der Waals surface area contributed by atoms with Crippen LogP contribution in [0.5, 0.6) is 5.75 Å². The molecule has 0 aliphatic carbocycles. The molecule has 0 radical (unpaired) electrons. The molecular formula is C15H18N2O5. The number of hydrogen-bond acceptors (Lipinski definition) is 5. The minimum atomic E-state index is -1.64. The van der Waals surface area contributed by atoms with Gasteiger partial charge < -0.3 is 20.1 Å². The number of esters is 1. The van der Waals surface area contributed by atoms with Gasteiger partial charge in [-0.1, -0.05) is 12.1 Å². The van der Waals surface area contributed by atoms with E-state index in [1.165, 1.54) is 14.0 Å². The lowest BCUT2D eigenvalue weighted by Crippen LogP contribution is -2.58. The fraction of sp³-hybridized carbons (Fsp3) is 0.400. The van der Waals surface area contributed by atoms with E-state index in [2.05, 4.69) is 15.4 Å². The van der Waals surface area contributed by atoms with Gasteiger partial charge in [-0.05, 0) is 25.5 Å². The van der Waals surface area contributed by atoms with Crippen LogP contribution < -0.4 is 15.4 Å². The summed E-state index contributed by atoms with van der Waals surface area (Å²) in [6.45, 7) is 1.66. The van der Waals surface area contributed by atoms with E-state index in [1.54, 1.807) is 24.3 Å². The van der Waals surface area contributed by atoms with Gasteiger partial charge in [-0.15, -0.1) is 0 Å². The molecule has 0 fully saturated rings. The van der Waals surface area contributed by atoms with Gasteiger partial charge in [0, 0.05) is 13.0 Å². The Morgan fingerprint density at radius 1 is 1.36 bits per heavy atom. The van der Waals surface area contributed by atoms with Crippen molar-refractivity contribution < 1.29 is 23.9 Å². The molecule has 2 amide bonds. The van der Waals surface area contributed by atoms with Gasteiger partial charge >= 0.3 is 5.97 Å². The first-order valence-electron chi connectivity index (χ1n) is 6.92. The standard InChI is InChI=1S/C15H18N2O5/c1-15(13(19)16-9-5-8-12(18)21-2)14(20)17-10-6-3-4-7-11(10)22-15/h3-4,6-7H,5,8-9H2,1-2H3,(H,16,19)(H,17,20). The van der Waals surface area contributed by atoms with Crippen molar-refractivity contribution in [3.05, 3.63) is 24.3 Å². The van der Waals surface area contributed by atoms with Crippen molar-refractivity contribution in [2.45, 2.75) is 25.4 Å². The predicted octanol–water partition coefficient (Wildman–Crippen LogP) is 0.846. The molecule has 22 heavy (non-hydrogen) atoms. The van der Waals surface area contributed by atoms with Gasteiger partial charge in [-0.2, -0.15) is 0 Å². The summed E-state index contributed by atoms with van der Waals surface area (Å²) < 4.78 is 10.1. The van der Waals surface area contributed by atoms with Crippen molar-refractivity contribution in [3.63, 3.8) is 0 Å². The van der Waals surface area contributed by atoms with Gasteiger partial charge in [0.15, 0.2) is 0 Å². The number of fused-ring (bicyclic) bond motifs is 1. The largest absolute Gasteiger partial charge is 0.469 e. The molecule has 0 saturated carbocycles. The van der Waals surface area contributed by atoms with E-state index >= 15 is 0 Å². The zero-order valence-corrected chi connectivity index (χ0v) is 12.5. The number of amides is 2. The number of nitrogens with one attached hydrogen (secondary N) is 2. The molecule has 1 heterocycles. The third-order valence-corrected chi connectivity index (χ3v) is 3.39. The lowest BCUT2D eigenvalue weighted by molar-refractivity contribution is -0.147. The maximum atomic E-state index is 12.2. The Morgan fingerprint density at radius 3 is 2.82 bits per heavy atom. The number of carbonyl (C=O) groups is 3. The molecular weight excluding hydrogens is 288 g/mol. The average Bonchev–Trinajstić information content (AvgIpc) is 2.52. The molecule has 2 N–H and O–H groups in total. The number of hydrogen-bond donors (Lipinski definition) is 2. The topological polar surface area (TPSA) is 93.7 Å². The van der Waals surface area contributed by atoms with E-state index in [4.69, 9.17) is 4.74 Å². The summed E-state index contributed by atoms with van der Waals surface area (Å²) >= 11 is 0. The minimum absolute atomic E-state index is 0.198. The Balaban J connectivity index is 1.97. The van der Waals surface area contributed by atoms with Crippen molar-refractivity contribution in [3.8, 4) is 5.75 Å². The maximum Gasteiger partial charge on any atom is 0.305 e. The Labute approximate surface area is 128 Å². The molecule has 7 nitrogen and oxygen atoms in total. The SMILES string of the molecule is COC(=O)CCCNC(=O)C1(C)Oc2ccccc2NC1=O. The number of anilines is 1. The van der Waals surface area contributed by atoms with Gasteiger partial charge in [0.1, 0.15) is 5.75 Å². The third kappa shape index (κ3) is 3.19. The molecule has 2 rings (SSSR count). The highest BCUT2D eigenvalue weighted by molar-refractivity contribution is 6.15. The number of para-hydroxylation sites is 2. The van der Waals surface area contributed by atoms with Crippen LogP contribution in [0.2, 0.25) is 0 Å². The first-order chi connectivity index (χ1) is 10.5. The molecule has 0 aromatic heterocycles. The normalized spacial score (nSPS) is 19.5. The Kier molecular flexibility index (Phi) is 4.65. The number of carbonyl (C=O) groups excluding carboxylic acids is 3. The molecule has 118 valence electrons. The second kappa shape index (κ2) is 6.46. The molecule has 7 heteroatoms. The number of methoxy groups -OCH3 is 1. The molecule has 1 aliphatic heterocycles. The lowest BCUT2D eigenvalue weighted by atomic mass is 10.0. The number of benzene rings is 1. The summed E-state index contributed by atoms with van der Waals surface area (Å²) in [7, 11) is 1.31. The number of rotatable bonds is 5. The van der Waals surface area contributed by atoms with Crippen LogP contribution in [0.4, 0.5) is 5.69 Å². The van der Waals surface area contributed by atoms with Gasteiger partial charge in [0.2, 0.25) is 0 Å². The van der Waals surface area contributed by atoms with Crippen LogP contribution in [0.3, 0.4) is 0 Å². The second-order valence-electron chi connectivity index (χ2n) is 5.02. The highest BCUT2D eigenvalue weighted by Crippen LogP contribution is 2.33. The molecule has 1 aromatic carbocycles. The lowest BCUT2D eigenvalue weighted by Gasteiger charge is -2.33. The van der Waals surface area contributed by atoms with Gasteiger partial charge in [-0.25, -0.2) is 0 Å². The fourth-order valence-electron chi connectivity index (χ4n) is 2.02. The summed E-state index contributed by atoms with van der Waals surface area (Å²) in [4.78, 5) is 35.4. The van der Waals surface area contributed by atoms with E-state index in [-0.39, 0.29) is 18.9 Å². The van der Waals surface area contributed by atoms with Crippen LogP contribution >= 0.6 is 0 Å². The fourth-order valence-corrected chi connectivity index (χ4v) is 2.02. The molecule has 1 atom stereocenters. The van der Waals surface area contributed by atoms with E-state index in [0.29, 0.717) is 17.9 Å². The number of ether oxygens (including phenoxy) is 2. The highest BCUT2D eigenvalue weighted by atomic mass is 16.5. The van der Waals surface area contributed by atoms with Crippen LogP contribution in [-0.2, 0) is 19.1 Å². The molecule has 1 unspecified atom stereocenters. The molecule has 1 aliphatic rings. The second-order valence-corrected chi connectivity index (χ2v) is 5.02. The summed E-state index contributed by atoms with van der Waals surface area (Å²) in [5.74, 6) is -0.989. The third-order valence-electron chi connectivity index (χ3n) is 3.39. The van der Waals surface area contributed by atoms with Crippen LogP contribution in [0, 0.1) is 0 Å². The van der Waals surface area contributed by atoms with E-state index in [9.17, 15) is 14.4 Å². The Morgan fingerprint density at radius 2 is 2.09 bits per heavy atom. The summed E-state index contributed by atoms with van der Waals surface area (Å²) in [6.07, 6.45) is 0.621. The molecule has 0 saturated heterocycles. The zero-order chi connectivity index (χ0) is 16.2. The van der Waals surface area contributed by atoms with Crippen LogP contribution in [-0.4, -0.2) is 37.0 Å². The first kappa shape index (κ1) is 15.8. The van der Waals surface area contributed by atoms with Crippen LogP contribution in [0.25, 0.3) is 0 Å². The monoisotopic (exact) mass is 306 g/mol. The Hall–Kier alpha value is -2.57. The van der Waals surface area contributed by atoms with Crippen molar-refractivity contribution in [1.82, 2.24) is 5.32 Å². The summed E-state index contributed by atoms with van der Waals surface area (Å²) in [6, 6.07) is 6.89. The summed E-state index contributed by atoms with van der Waals surface area (Å²) in [5, 5.41) is 5.25. The minimum Gasteiger partial charge on any atom is -0.469 e. The van der Waals surface area contributed by atoms with Crippen molar-refractivity contribution in [2.24, 2.45) is 0 Å². The van der Waals surface area contributed by atoms with E-state index in [1.807, 2.05) is 0 Å². The van der Waals surface area contributed by atoms with Crippen molar-refractivity contribution in [1.29, 1.82) is 0 Å². The molecule has 0 bridgehead atoms. The predicted molar refractivity (Wildman–Crippen MR) is 78.4 cm³/mol. The van der Waals surface area contributed by atoms with E-state index < -0.39 is 17.4 Å². The van der Waals surface area contributed by atoms with Gasteiger partial charge in [-0.3, -0.25) is 14.4 Å². The van der Waals surface area contributed by atoms with Gasteiger partial charge in [0.25, 0.3) is 17.4 Å². The zero-order valence-electron chi connectivity index (χ0n) is 12.5. The highest BCUT2D eigenvalue weighted by Gasteiger charge is 2.46. The van der Waals surface area contributed by atoms with Crippen molar-refractivity contribution in [2.75, 3.05) is 19.0 Å².